The number of hydrogen-bond acceptors (Lipinski definition) is 4. The standard InChI is InChI=1S/C16H20N4O.CH2O2/c1-2-20-9-10-7-11(20)8-14(10)17-16(21)15-12-5-3-4-6-13(12)18-19-15;2-1-3/h3-6,10-11,14H,2,7-9H2,1H3,(H,17,21)(H,18,19);1H,(H,2,3). The van der Waals surface area contributed by atoms with E-state index in [2.05, 4.69) is 27.3 Å². The fraction of sp³-hybridized carbons (Fsp3) is 0.471. The number of nitrogens with zero attached hydrogens (tertiary/aromatic N) is 2. The maximum absolute atomic E-state index is 12.5. The van der Waals surface area contributed by atoms with Crippen LogP contribution in [0.25, 0.3) is 10.9 Å². The third kappa shape index (κ3) is 2.99. The highest BCUT2D eigenvalue weighted by Crippen LogP contribution is 2.37. The Morgan fingerprint density at radius 1 is 1.46 bits per heavy atom. The number of rotatable bonds is 3. The number of piperidine rings is 1. The lowest BCUT2D eigenvalue weighted by Gasteiger charge is -2.30. The molecule has 3 N–H and O–H groups in total. The molecule has 2 heterocycles. The van der Waals surface area contributed by atoms with Crippen LogP contribution in [0.2, 0.25) is 0 Å². The number of para-hydroxylation sites is 1. The first-order valence-electron chi connectivity index (χ1n) is 8.23. The molecule has 1 aromatic heterocycles. The van der Waals surface area contributed by atoms with Crippen molar-refractivity contribution in [3.63, 3.8) is 0 Å². The summed E-state index contributed by atoms with van der Waals surface area (Å²) in [5, 5.41) is 18.1. The van der Waals surface area contributed by atoms with E-state index in [1.54, 1.807) is 0 Å². The minimum absolute atomic E-state index is 0.0481. The molecule has 1 saturated carbocycles. The number of likely N-dealkylation sites (tertiary alicyclic amines) is 1. The monoisotopic (exact) mass is 330 g/mol. The summed E-state index contributed by atoms with van der Waals surface area (Å²) in [5.41, 5.74) is 1.42. The molecule has 4 rings (SSSR count). The van der Waals surface area contributed by atoms with Crippen LogP contribution in [-0.2, 0) is 4.79 Å². The molecule has 2 aromatic rings. The van der Waals surface area contributed by atoms with Crippen molar-refractivity contribution in [1.29, 1.82) is 0 Å². The van der Waals surface area contributed by atoms with Gasteiger partial charge in [-0.25, -0.2) is 0 Å². The first kappa shape index (κ1) is 16.4. The van der Waals surface area contributed by atoms with E-state index in [0.717, 1.165) is 30.4 Å². The van der Waals surface area contributed by atoms with Crippen molar-refractivity contribution in [3.05, 3.63) is 30.0 Å². The fourth-order valence-corrected chi connectivity index (χ4v) is 3.98. The van der Waals surface area contributed by atoms with E-state index in [9.17, 15) is 4.79 Å². The number of amides is 1. The molecule has 1 aliphatic heterocycles. The number of H-pyrrole nitrogens is 1. The molecular formula is C17H22N4O3. The second-order valence-corrected chi connectivity index (χ2v) is 6.28. The third-order valence-corrected chi connectivity index (χ3v) is 5.06. The molecule has 7 nitrogen and oxygen atoms in total. The zero-order valence-electron chi connectivity index (χ0n) is 13.6. The summed E-state index contributed by atoms with van der Waals surface area (Å²) in [6.07, 6.45) is 2.30. The van der Waals surface area contributed by atoms with E-state index in [1.807, 2.05) is 24.3 Å². The average molecular weight is 330 g/mol. The molecule has 1 aliphatic carbocycles. The van der Waals surface area contributed by atoms with Crippen LogP contribution in [0.1, 0.15) is 30.3 Å². The summed E-state index contributed by atoms with van der Waals surface area (Å²) in [4.78, 5) is 23.4. The number of hydrogen-bond donors (Lipinski definition) is 3. The maximum atomic E-state index is 12.5. The van der Waals surface area contributed by atoms with Gasteiger partial charge in [0.25, 0.3) is 12.4 Å². The van der Waals surface area contributed by atoms with Gasteiger partial charge in [-0.1, -0.05) is 25.1 Å². The topological polar surface area (TPSA) is 98.3 Å². The van der Waals surface area contributed by atoms with Gasteiger partial charge in [-0.05, 0) is 31.4 Å². The highest BCUT2D eigenvalue weighted by molar-refractivity contribution is 6.04. The Labute approximate surface area is 140 Å². The van der Waals surface area contributed by atoms with Crippen LogP contribution < -0.4 is 5.32 Å². The van der Waals surface area contributed by atoms with Gasteiger partial charge in [-0.3, -0.25) is 14.7 Å². The van der Waals surface area contributed by atoms with Crippen molar-refractivity contribution in [2.45, 2.75) is 31.8 Å². The Morgan fingerprint density at radius 2 is 2.21 bits per heavy atom. The predicted molar refractivity (Wildman–Crippen MR) is 89.8 cm³/mol. The molecule has 2 aliphatic rings. The molecule has 1 aromatic carbocycles. The minimum Gasteiger partial charge on any atom is -0.483 e. The lowest BCUT2D eigenvalue weighted by molar-refractivity contribution is -0.122. The summed E-state index contributed by atoms with van der Waals surface area (Å²) in [6.45, 7) is 4.20. The maximum Gasteiger partial charge on any atom is 0.290 e. The van der Waals surface area contributed by atoms with Gasteiger partial charge >= 0.3 is 0 Å². The predicted octanol–water partition coefficient (Wildman–Crippen LogP) is 1.48. The Morgan fingerprint density at radius 3 is 2.88 bits per heavy atom. The molecule has 2 bridgehead atoms. The van der Waals surface area contributed by atoms with E-state index < -0.39 is 0 Å². The van der Waals surface area contributed by atoms with Crippen LogP contribution >= 0.6 is 0 Å². The van der Waals surface area contributed by atoms with Crippen molar-refractivity contribution in [3.8, 4) is 0 Å². The Kier molecular flexibility index (Phi) is 4.80. The first-order valence-corrected chi connectivity index (χ1v) is 8.23. The fourth-order valence-electron chi connectivity index (χ4n) is 3.98. The number of aromatic amines is 1. The molecule has 24 heavy (non-hydrogen) atoms. The SMILES string of the molecule is CCN1CC2CC1CC2NC(=O)c1n[nH]c2ccccc12.O=CO. The highest BCUT2D eigenvalue weighted by Gasteiger charge is 2.44. The quantitative estimate of drug-likeness (QED) is 0.741. The molecule has 7 heteroatoms. The van der Waals surface area contributed by atoms with Gasteiger partial charge in [0, 0.05) is 24.0 Å². The van der Waals surface area contributed by atoms with E-state index in [1.165, 1.54) is 6.42 Å². The summed E-state index contributed by atoms with van der Waals surface area (Å²) < 4.78 is 0. The van der Waals surface area contributed by atoms with Gasteiger partial charge in [0.15, 0.2) is 5.69 Å². The average Bonchev–Trinajstić information content (AvgIpc) is 3.28. The van der Waals surface area contributed by atoms with Crippen LogP contribution in [0.4, 0.5) is 0 Å². The molecule has 3 atom stereocenters. The summed E-state index contributed by atoms with van der Waals surface area (Å²) in [7, 11) is 0. The van der Waals surface area contributed by atoms with Gasteiger partial charge in [0.2, 0.25) is 0 Å². The van der Waals surface area contributed by atoms with E-state index in [4.69, 9.17) is 9.90 Å². The van der Waals surface area contributed by atoms with Crippen LogP contribution in [0, 0.1) is 5.92 Å². The van der Waals surface area contributed by atoms with Gasteiger partial charge in [0.05, 0.1) is 5.52 Å². The van der Waals surface area contributed by atoms with Crippen LogP contribution in [-0.4, -0.2) is 57.8 Å². The van der Waals surface area contributed by atoms with Crippen molar-refractivity contribution in [2.75, 3.05) is 13.1 Å². The smallest absolute Gasteiger partial charge is 0.290 e. The normalized spacial score (nSPS) is 25.3. The number of carboxylic acid groups (broad SMARTS) is 1. The summed E-state index contributed by atoms with van der Waals surface area (Å²) >= 11 is 0. The van der Waals surface area contributed by atoms with E-state index in [-0.39, 0.29) is 12.4 Å². The van der Waals surface area contributed by atoms with Crippen molar-refractivity contribution in [2.24, 2.45) is 5.92 Å². The van der Waals surface area contributed by atoms with Crippen LogP contribution in [0.15, 0.2) is 24.3 Å². The number of carbonyl (C=O) groups excluding carboxylic acids is 1. The number of benzene rings is 1. The molecule has 1 amide bonds. The Balaban J connectivity index is 0.000000526. The van der Waals surface area contributed by atoms with E-state index >= 15 is 0 Å². The Bertz CT molecular complexity index is 729. The molecule has 0 spiro atoms. The van der Waals surface area contributed by atoms with Crippen molar-refractivity contribution < 1.29 is 14.7 Å². The lowest BCUT2D eigenvalue weighted by atomic mass is 10.0. The summed E-state index contributed by atoms with van der Waals surface area (Å²) in [5.74, 6) is 0.553. The lowest BCUT2D eigenvalue weighted by Crippen LogP contribution is -2.45. The zero-order valence-corrected chi connectivity index (χ0v) is 13.6. The molecule has 0 radical (unpaired) electrons. The van der Waals surface area contributed by atoms with E-state index in [0.29, 0.717) is 23.7 Å². The van der Waals surface area contributed by atoms with Crippen LogP contribution in [0.3, 0.4) is 0 Å². The highest BCUT2D eigenvalue weighted by atomic mass is 16.3. The van der Waals surface area contributed by atoms with Gasteiger partial charge in [0.1, 0.15) is 0 Å². The van der Waals surface area contributed by atoms with Gasteiger partial charge in [-0.15, -0.1) is 0 Å². The molecule has 1 saturated heterocycles. The van der Waals surface area contributed by atoms with Gasteiger partial charge < -0.3 is 15.3 Å². The zero-order chi connectivity index (χ0) is 17.1. The van der Waals surface area contributed by atoms with Gasteiger partial charge in [-0.2, -0.15) is 5.10 Å². The minimum atomic E-state index is -0.250. The number of aromatic nitrogens is 2. The molecule has 128 valence electrons. The summed E-state index contributed by atoms with van der Waals surface area (Å²) in [6, 6.07) is 8.72. The second kappa shape index (κ2) is 7.00. The van der Waals surface area contributed by atoms with Crippen molar-refractivity contribution in [1.82, 2.24) is 20.4 Å². The number of fused-ring (bicyclic) bond motifs is 3. The Hall–Kier alpha value is -2.41. The molecule has 2 fully saturated rings. The number of carbonyl (C=O) groups is 2. The third-order valence-electron chi connectivity index (χ3n) is 5.06. The molecular weight excluding hydrogens is 308 g/mol. The van der Waals surface area contributed by atoms with Crippen molar-refractivity contribution >= 4 is 23.3 Å². The number of nitrogens with one attached hydrogen (secondary N) is 2. The largest absolute Gasteiger partial charge is 0.483 e. The molecule has 3 unspecified atom stereocenters. The second-order valence-electron chi connectivity index (χ2n) is 6.28. The first-order chi connectivity index (χ1) is 11.7. The van der Waals surface area contributed by atoms with Crippen LogP contribution in [0.5, 0.6) is 0 Å².